The highest BCUT2D eigenvalue weighted by Gasteiger charge is 2.30. The van der Waals surface area contributed by atoms with Crippen LogP contribution in [0.1, 0.15) is 41.9 Å². The Kier molecular flexibility index (Phi) is 5.61. The third kappa shape index (κ3) is 3.60. The number of fused-ring (bicyclic) bond motifs is 1. The van der Waals surface area contributed by atoms with E-state index in [2.05, 4.69) is 10.3 Å². The molecule has 1 aromatic heterocycles. The van der Waals surface area contributed by atoms with Gasteiger partial charge < -0.3 is 24.6 Å². The van der Waals surface area contributed by atoms with E-state index >= 15 is 0 Å². The maximum absolute atomic E-state index is 12.4. The fraction of sp³-hybridized carbons (Fsp3) is 0.611. The van der Waals surface area contributed by atoms with Crippen molar-refractivity contribution in [2.24, 2.45) is 0 Å². The van der Waals surface area contributed by atoms with Crippen LogP contribution >= 0.6 is 0 Å². The number of ether oxygens (including phenoxy) is 2. The summed E-state index contributed by atoms with van der Waals surface area (Å²) in [5.41, 5.74) is 2.28. The predicted octanol–water partition coefficient (Wildman–Crippen LogP) is 1.39. The fourth-order valence-electron chi connectivity index (χ4n) is 3.42. The molecule has 2 aliphatic rings. The minimum Gasteiger partial charge on any atom is -0.481 e. The molecule has 8 nitrogen and oxygen atoms in total. The molecular formula is C18H26N4O4. The van der Waals surface area contributed by atoms with Crippen LogP contribution in [0.2, 0.25) is 0 Å². The maximum atomic E-state index is 12.4. The molecule has 0 bridgehead atoms. The zero-order chi connectivity index (χ0) is 18.7. The Morgan fingerprint density at radius 3 is 2.92 bits per heavy atom. The molecule has 2 aliphatic heterocycles. The standard InChI is InChI=1S/C18H26N4O4/c1-4-21-11-15-14(17(21)23)8-12(16(20-15)25-3)9-19-13-6-7-22(10-13)18(24)26-5-2/h8,13,19H,4-7,9-11H2,1-3H3. The van der Waals surface area contributed by atoms with Crippen LogP contribution in [0, 0.1) is 0 Å². The highest BCUT2D eigenvalue weighted by atomic mass is 16.6. The third-order valence-electron chi connectivity index (χ3n) is 4.87. The molecule has 1 fully saturated rings. The Balaban J connectivity index is 1.65. The lowest BCUT2D eigenvalue weighted by molar-refractivity contribution is 0.0786. The number of carbonyl (C=O) groups excluding carboxylic acids is 2. The van der Waals surface area contributed by atoms with Crippen LogP contribution in [0.3, 0.4) is 0 Å². The number of hydrogen-bond donors (Lipinski definition) is 1. The van der Waals surface area contributed by atoms with Crippen LogP contribution in [-0.4, -0.2) is 66.2 Å². The van der Waals surface area contributed by atoms with Crippen LogP contribution in [-0.2, 0) is 17.8 Å². The van der Waals surface area contributed by atoms with Crippen molar-refractivity contribution in [3.05, 3.63) is 22.9 Å². The SMILES string of the molecule is CCOC(=O)N1CCC(NCc2cc3c(nc2OC)CN(CC)C3=O)C1. The van der Waals surface area contributed by atoms with E-state index in [9.17, 15) is 9.59 Å². The molecule has 8 heteroatoms. The normalized spacial score (nSPS) is 19.0. The Labute approximate surface area is 153 Å². The summed E-state index contributed by atoms with van der Waals surface area (Å²) in [5.74, 6) is 0.565. The average molecular weight is 362 g/mol. The Morgan fingerprint density at radius 2 is 2.23 bits per heavy atom. The summed E-state index contributed by atoms with van der Waals surface area (Å²) in [6, 6.07) is 2.06. The first kappa shape index (κ1) is 18.4. The van der Waals surface area contributed by atoms with E-state index in [1.54, 1.807) is 23.8 Å². The van der Waals surface area contributed by atoms with Gasteiger partial charge in [0.25, 0.3) is 5.91 Å². The summed E-state index contributed by atoms with van der Waals surface area (Å²) in [6.07, 6.45) is 0.598. The maximum Gasteiger partial charge on any atom is 0.409 e. The van der Waals surface area contributed by atoms with E-state index < -0.39 is 0 Å². The van der Waals surface area contributed by atoms with Gasteiger partial charge in [0.2, 0.25) is 5.88 Å². The lowest BCUT2D eigenvalue weighted by Gasteiger charge is -2.17. The summed E-state index contributed by atoms with van der Waals surface area (Å²) in [7, 11) is 1.59. The molecule has 2 amide bonds. The first-order valence-electron chi connectivity index (χ1n) is 9.08. The number of rotatable bonds is 6. The number of aromatic nitrogens is 1. The largest absolute Gasteiger partial charge is 0.481 e. The van der Waals surface area contributed by atoms with Gasteiger partial charge in [0, 0.05) is 37.8 Å². The van der Waals surface area contributed by atoms with Crippen LogP contribution in [0.15, 0.2) is 6.07 Å². The molecule has 0 spiro atoms. The first-order chi connectivity index (χ1) is 12.6. The highest BCUT2D eigenvalue weighted by Crippen LogP contribution is 2.27. The van der Waals surface area contributed by atoms with Gasteiger partial charge in [-0.2, -0.15) is 0 Å². The topological polar surface area (TPSA) is 84.0 Å². The summed E-state index contributed by atoms with van der Waals surface area (Å²) in [5, 5.41) is 3.44. The second-order valence-corrected chi connectivity index (χ2v) is 6.48. The van der Waals surface area contributed by atoms with Gasteiger partial charge in [-0.05, 0) is 26.3 Å². The molecule has 142 valence electrons. The Hall–Kier alpha value is -2.35. The molecule has 1 unspecified atom stereocenters. The van der Waals surface area contributed by atoms with Crippen molar-refractivity contribution < 1.29 is 19.1 Å². The van der Waals surface area contributed by atoms with Gasteiger partial charge >= 0.3 is 6.09 Å². The number of amides is 2. The molecule has 1 aromatic rings. The summed E-state index contributed by atoms with van der Waals surface area (Å²) < 4.78 is 10.5. The zero-order valence-corrected chi connectivity index (χ0v) is 15.6. The second-order valence-electron chi connectivity index (χ2n) is 6.48. The van der Waals surface area contributed by atoms with E-state index in [1.165, 1.54) is 0 Å². The molecule has 1 saturated heterocycles. The summed E-state index contributed by atoms with van der Waals surface area (Å²) >= 11 is 0. The van der Waals surface area contributed by atoms with Crippen molar-refractivity contribution in [2.75, 3.05) is 33.4 Å². The molecule has 1 N–H and O–H groups in total. The van der Waals surface area contributed by atoms with Crippen LogP contribution in [0.5, 0.6) is 5.88 Å². The smallest absolute Gasteiger partial charge is 0.409 e. The number of hydrogen-bond acceptors (Lipinski definition) is 6. The van der Waals surface area contributed by atoms with E-state index in [0.29, 0.717) is 50.8 Å². The van der Waals surface area contributed by atoms with Gasteiger partial charge in [0.1, 0.15) is 0 Å². The minimum absolute atomic E-state index is 0.0215. The van der Waals surface area contributed by atoms with Crippen LogP contribution in [0.4, 0.5) is 4.79 Å². The van der Waals surface area contributed by atoms with Gasteiger partial charge in [0.15, 0.2) is 0 Å². The minimum atomic E-state index is -0.265. The fourth-order valence-corrected chi connectivity index (χ4v) is 3.42. The molecule has 3 heterocycles. The van der Waals surface area contributed by atoms with Gasteiger partial charge in [0.05, 0.1) is 31.5 Å². The van der Waals surface area contributed by atoms with Crippen LogP contribution < -0.4 is 10.1 Å². The quantitative estimate of drug-likeness (QED) is 0.823. The van der Waals surface area contributed by atoms with Crippen molar-refractivity contribution in [3.63, 3.8) is 0 Å². The number of methoxy groups -OCH3 is 1. The van der Waals surface area contributed by atoms with Gasteiger partial charge in [-0.15, -0.1) is 0 Å². The molecule has 1 atom stereocenters. The number of pyridine rings is 1. The van der Waals surface area contributed by atoms with Gasteiger partial charge in [-0.25, -0.2) is 9.78 Å². The second kappa shape index (κ2) is 7.90. The van der Waals surface area contributed by atoms with Crippen LogP contribution in [0.25, 0.3) is 0 Å². The molecule has 0 aliphatic carbocycles. The third-order valence-corrected chi connectivity index (χ3v) is 4.87. The first-order valence-corrected chi connectivity index (χ1v) is 9.08. The lowest BCUT2D eigenvalue weighted by atomic mass is 10.1. The Morgan fingerprint density at radius 1 is 1.42 bits per heavy atom. The van der Waals surface area contributed by atoms with Gasteiger partial charge in [-0.1, -0.05) is 0 Å². The van der Waals surface area contributed by atoms with E-state index in [4.69, 9.17) is 9.47 Å². The molecular weight excluding hydrogens is 336 g/mol. The predicted molar refractivity (Wildman–Crippen MR) is 95.0 cm³/mol. The summed E-state index contributed by atoms with van der Waals surface area (Å²) in [4.78, 5) is 32.2. The molecule has 3 rings (SSSR count). The molecule has 0 aromatic carbocycles. The van der Waals surface area contributed by atoms with E-state index in [0.717, 1.165) is 17.7 Å². The Bertz CT molecular complexity index is 694. The zero-order valence-electron chi connectivity index (χ0n) is 15.6. The van der Waals surface area contributed by atoms with Crippen molar-refractivity contribution >= 4 is 12.0 Å². The average Bonchev–Trinajstić information content (AvgIpc) is 3.24. The highest BCUT2D eigenvalue weighted by molar-refractivity contribution is 5.98. The van der Waals surface area contributed by atoms with E-state index in [1.807, 2.05) is 13.0 Å². The lowest BCUT2D eigenvalue weighted by Crippen LogP contribution is -2.35. The number of nitrogens with zero attached hydrogens (tertiary/aromatic N) is 3. The number of likely N-dealkylation sites (tertiary alicyclic amines) is 1. The van der Waals surface area contributed by atoms with Crippen molar-refractivity contribution in [1.82, 2.24) is 20.1 Å². The van der Waals surface area contributed by atoms with Crippen molar-refractivity contribution in [3.8, 4) is 5.88 Å². The van der Waals surface area contributed by atoms with Crippen molar-refractivity contribution in [1.29, 1.82) is 0 Å². The monoisotopic (exact) mass is 362 g/mol. The van der Waals surface area contributed by atoms with Crippen molar-refractivity contribution in [2.45, 2.75) is 39.4 Å². The number of nitrogens with one attached hydrogen (secondary N) is 1. The van der Waals surface area contributed by atoms with E-state index in [-0.39, 0.29) is 18.0 Å². The van der Waals surface area contributed by atoms with Gasteiger partial charge in [-0.3, -0.25) is 4.79 Å². The molecule has 0 radical (unpaired) electrons. The number of carbonyl (C=O) groups is 2. The molecule has 26 heavy (non-hydrogen) atoms. The summed E-state index contributed by atoms with van der Waals surface area (Å²) in [6.45, 7) is 7.17. The molecule has 0 saturated carbocycles.